The van der Waals surface area contributed by atoms with Crippen molar-refractivity contribution in [2.45, 2.75) is 31.5 Å². The Morgan fingerprint density at radius 3 is 2.39 bits per heavy atom. The molecule has 0 radical (unpaired) electrons. The van der Waals surface area contributed by atoms with E-state index in [0.717, 1.165) is 30.5 Å². The van der Waals surface area contributed by atoms with Gasteiger partial charge in [0.15, 0.2) is 5.76 Å². The zero-order chi connectivity index (χ0) is 23.4. The summed E-state index contributed by atoms with van der Waals surface area (Å²) in [5.74, 6) is -0.692. The highest BCUT2D eigenvalue weighted by Crippen LogP contribution is 2.32. The van der Waals surface area contributed by atoms with Gasteiger partial charge in [-0.3, -0.25) is 9.59 Å². The first-order valence-electron chi connectivity index (χ1n) is 10.7. The number of hydrogen-bond acceptors (Lipinski definition) is 3. The maximum Gasteiger partial charge on any atom is 0.416 e. The van der Waals surface area contributed by atoms with Crippen molar-refractivity contribution in [2.24, 2.45) is 0 Å². The van der Waals surface area contributed by atoms with E-state index in [2.05, 4.69) is 5.32 Å². The summed E-state index contributed by atoms with van der Waals surface area (Å²) in [7, 11) is 0. The highest BCUT2D eigenvalue weighted by atomic mass is 19.4. The van der Waals surface area contributed by atoms with E-state index in [1.807, 2.05) is 30.3 Å². The number of halogens is 3. The Hall–Kier alpha value is -3.55. The predicted molar refractivity (Wildman–Crippen MR) is 116 cm³/mol. The number of alkyl halides is 3. The minimum Gasteiger partial charge on any atom is -0.451 e. The monoisotopic (exact) mass is 456 g/mol. The molecular formula is C25H23F3N2O3. The number of furan rings is 1. The van der Waals surface area contributed by atoms with Crippen LogP contribution in [0.4, 0.5) is 13.2 Å². The van der Waals surface area contributed by atoms with Crippen LogP contribution in [0.1, 0.15) is 34.5 Å². The fraction of sp³-hybridized carbons (Fsp3) is 0.280. The Balaban J connectivity index is 1.52. The van der Waals surface area contributed by atoms with Gasteiger partial charge in [-0.2, -0.15) is 13.2 Å². The van der Waals surface area contributed by atoms with Crippen LogP contribution in [0.3, 0.4) is 0 Å². The Morgan fingerprint density at radius 2 is 1.70 bits per heavy atom. The van der Waals surface area contributed by atoms with Crippen LogP contribution in [-0.4, -0.2) is 35.8 Å². The Morgan fingerprint density at radius 1 is 0.970 bits per heavy atom. The lowest BCUT2D eigenvalue weighted by atomic mass is 10.0. The third kappa shape index (κ3) is 5.45. The smallest absolute Gasteiger partial charge is 0.416 e. The third-order valence-corrected chi connectivity index (χ3v) is 5.61. The highest BCUT2D eigenvalue weighted by molar-refractivity contribution is 5.96. The highest BCUT2D eigenvalue weighted by Gasteiger charge is 2.31. The van der Waals surface area contributed by atoms with Gasteiger partial charge >= 0.3 is 6.18 Å². The molecule has 1 aliphatic rings. The average Bonchev–Trinajstić information content (AvgIpc) is 3.51. The van der Waals surface area contributed by atoms with Gasteiger partial charge in [0.05, 0.1) is 5.56 Å². The quantitative estimate of drug-likeness (QED) is 0.572. The van der Waals surface area contributed by atoms with Crippen LogP contribution < -0.4 is 5.32 Å². The Bertz CT molecular complexity index is 1120. The molecule has 1 atom stereocenters. The first kappa shape index (κ1) is 22.6. The molecule has 4 rings (SSSR count). The molecule has 0 saturated carbocycles. The molecule has 33 heavy (non-hydrogen) atoms. The van der Waals surface area contributed by atoms with Gasteiger partial charge in [-0.25, -0.2) is 0 Å². The van der Waals surface area contributed by atoms with Gasteiger partial charge in [0.2, 0.25) is 5.91 Å². The van der Waals surface area contributed by atoms with Crippen molar-refractivity contribution in [2.75, 3.05) is 13.1 Å². The second kappa shape index (κ2) is 9.52. The molecule has 5 nitrogen and oxygen atoms in total. The van der Waals surface area contributed by atoms with E-state index >= 15 is 0 Å². The molecule has 3 aromatic rings. The molecule has 0 spiro atoms. The van der Waals surface area contributed by atoms with Crippen molar-refractivity contribution in [3.05, 3.63) is 83.6 Å². The Labute approximate surface area is 189 Å². The minimum absolute atomic E-state index is 0.0744. The maximum absolute atomic E-state index is 13.0. The lowest BCUT2D eigenvalue weighted by Gasteiger charge is -2.24. The molecule has 2 heterocycles. The number of benzene rings is 2. The summed E-state index contributed by atoms with van der Waals surface area (Å²) < 4.78 is 44.6. The zero-order valence-corrected chi connectivity index (χ0v) is 17.8. The van der Waals surface area contributed by atoms with E-state index in [1.54, 1.807) is 4.90 Å². The van der Waals surface area contributed by atoms with Crippen LogP contribution in [0.5, 0.6) is 0 Å². The molecule has 2 aromatic carbocycles. The van der Waals surface area contributed by atoms with Crippen LogP contribution in [0.2, 0.25) is 0 Å². The number of likely N-dealkylation sites (tertiary alicyclic amines) is 1. The van der Waals surface area contributed by atoms with Crippen molar-refractivity contribution >= 4 is 11.8 Å². The van der Waals surface area contributed by atoms with E-state index < -0.39 is 23.7 Å². The van der Waals surface area contributed by atoms with Crippen molar-refractivity contribution in [1.29, 1.82) is 0 Å². The summed E-state index contributed by atoms with van der Waals surface area (Å²) in [5.41, 5.74) is 0.304. The molecule has 1 unspecified atom stereocenters. The lowest BCUT2D eigenvalue weighted by Crippen LogP contribution is -2.48. The molecule has 0 bridgehead atoms. The molecule has 172 valence electrons. The third-order valence-electron chi connectivity index (χ3n) is 5.61. The summed E-state index contributed by atoms with van der Waals surface area (Å²) in [4.78, 5) is 27.7. The first-order valence-corrected chi connectivity index (χ1v) is 10.7. The molecule has 1 N–H and O–H groups in total. The number of amides is 2. The van der Waals surface area contributed by atoms with Gasteiger partial charge < -0.3 is 14.6 Å². The number of rotatable bonds is 6. The SMILES string of the molecule is O=C(NC(Cc1ccccc1)C(=O)N1CCCC1)c1ccc(-c2cccc(C(F)(F)F)c2)o1. The average molecular weight is 456 g/mol. The van der Waals surface area contributed by atoms with Crippen LogP contribution in [-0.2, 0) is 17.4 Å². The van der Waals surface area contributed by atoms with E-state index in [1.165, 1.54) is 24.3 Å². The number of nitrogens with zero attached hydrogens (tertiary/aromatic N) is 1. The van der Waals surface area contributed by atoms with E-state index in [-0.39, 0.29) is 23.0 Å². The molecule has 0 aliphatic carbocycles. The Kier molecular flexibility index (Phi) is 6.53. The summed E-state index contributed by atoms with van der Waals surface area (Å²) in [6.07, 6.45) is -2.31. The van der Waals surface area contributed by atoms with Crippen LogP contribution in [0, 0.1) is 0 Å². The van der Waals surface area contributed by atoms with Gasteiger partial charge in [0.1, 0.15) is 11.8 Å². The standard InChI is InChI=1S/C25H23F3N2O3/c26-25(27,28)19-10-6-9-18(16-19)21-11-12-22(33-21)23(31)29-20(15-17-7-2-1-3-8-17)24(32)30-13-4-5-14-30/h1-3,6-12,16,20H,4-5,13-15H2,(H,29,31). The number of nitrogens with one attached hydrogen (secondary N) is 1. The van der Waals surface area contributed by atoms with Crippen molar-refractivity contribution in [3.8, 4) is 11.3 Å². The maximum atomic E-state index is 13.0. The summed E-state index contributed by atoms with van der Waals surface area (Å²) in [5, 5.41) is 2.75. The largest absolute Gasteiger partial charge is 0.451 e. The molecule has 1 aliphatic heterocycles. The number of carbonyl (C=O) groups is 2. The van der Waals surface area contributed by atoms with Crippen LogP contribution in [0.15, 0.2) is 71.1 Å². The minimum atomic E-state index is -4.48. The van der Waals surface area contributed by atoms with Crippen molar-refractivity contribution in [3.63, 3.8) is 0 Å². The second-order valence-corrected chi connectivity index (χ2v) is 7.99. The molecular weight excluding hydrogens is 433 g/mol. The van der Waals surface area contributed by atoms with Gasteiger partial charge in [0.25, 0.3) is 5.91 Å². The fourth-order valence-electron chi connectivity index (χ4n) is 3.90. The lowest BCUT2D eigenvalue weighted by molar-refractivity contribution is -0.137. The predicted octanol–water partition coefficient (Wildman–Crippen LogP) is 4.93. The van der Waals surface area contributed by atoms with E-state index in [0.29, 0.717) is 19.5 Å². The van der Waals surface area contributed by atoms with E-state index in [9.17, 15) is 22.8 Å². The summed E-state index contributed by atoms with van der Waals surface area (Å²) in [6.45, 7) is 1.31. The topological polar surface area (TPSA) is 62.6 Å². The van der Waals surface area contributed by atoms with Crippen LogP contribution >= 0.6 is 0 Å². The molecule has 8 heteroatoms. The molecule has 1 aromatic heterocycles. The van der Waals surface area contributed by atoms with Crippen molar-refractivity contribution in [1.82, 2.24) is 10.2 Å². The van der Waals surface area contributed by atoms with Gasteiger partial charge in [-0.1, -0.05) is 42.5 Å². The number of hydrogen-bond donors (Lipinski definition) is 1. The molecule has 2 amide bonds. The van der Waals surface area contributed by atoms with Gasteiger partial charge in [-0.15, -0.1) is 0 Å². The molecule has 1 fully saturated rings. The summed E-state index contributed by atoms with van der Waals surface area (Å²) in [6, 6.07) is 16.1. The summed E-state index contributed by atoms with van der Waals surface area (Å²) >= 11 is 0. The van der Waals surface area contributed by atoms with Gasteiger partial charge in [-0.05, 0) is 42.7 Å². The normalized spacial score (nSPS) is 14.8. The first-order chi connectivity index (χ1) is 15.8. The van der Waals surface area contributed by atoms with Crippen molar-refractivity contribution < 1.29 is 27.2 Å². The number of carbonyl (C=O) groups excluding carboxylic acids is 2. The van der Waals surface area contributed by atoms with E-state index in [4.69, 9.17) is 4.42 Å². The van der Waals surface area contributed by atoms with Gasteiger partial charge in [0, 0.05) is 25.1 Å². The zero-order valence-electron chi connectivity index (χ0n) is 17.8. The van der Waals surface area contributed by atoms with Crippen LogP contribution in [0.25, 0.3) is 11.3 Å². The molecule has 1 saturated heterocycles. The fourth-order valence-corrected chi connectivity index (χ4v) is 3.90. The second-order valence-electron chi connectivity index (χ2n) is 7.99.